The smallest absolute Gasteiger partial charge is 0.395 e. The molecule has 0 N–H and O–H groups in total. The van der Waals surface area contributed by atoms with Crippen LogP contribution >= 0.6 is 0 Å². The van der Waals surface area contributed by atoms with Crippen molar-refractivity contribution < 1.29 is 31.8 Å². The molecule has 0 atom stereocenters. The van der Waals surface area contributed by atoms with E-state index in [1.165, 1.54) is 19.2 Å². The van der Waals surface area contributed by atoms with Crippen LogP contribution in [0.1, 0.15) is 42.5 Å². The molecule has 0 unspecified atom stereocenters. The molecular weight excluding hydrogens is 452 g/mol. The fraction of sp³-hybridized carbons (Fsp3) is 0.520. The summed E-state index contributed by atoms with van der Waals surface area (Å²) in [6.45, 7) is 1.88. The van der Waals surface area contributed by atoms with Gasteiger partial charge < -0.3 is 14.4 Å². The zero-order chi connectivity index (χ0) is 24.3. The molecule has 2 aromatic rings. The van der Waals surface area contributed by atoms with Gasteiger partial charge in [-0.1, -0.05) is 12.5 Å². The van der Waals surface area contributed by atoms with Crippen LogP contribution in [0.2, 0.25) is 0 Å². The lowest BCUT2D eigenvalue weighted by molar-refractivity contribution is -0.256. The molecule has 0 amide bonds. The number of methoxy groups -OCH3 is 1. The molecule has 1 aromatic carbocycles. The normalized spacial score (nSPS) is 18.9. The van der Waals surface area contributed by atoms with E-state index in [9.17, 15) is 22.4 Å². The lowest BCUT2D eigenvalue weighted by atomic mass is 9.67. The van der Waals surface area contributed by atoms with Crippen molar-refractivity contribution in [3.8, 4) is 17.0 Å². The third-order valence-electron chi connectivity index (χ3n) is 7.04. The minimum atomic E-state index is -4.13. The highest BCUT2D eigenvalue weighted by molar-refractivity contribution is 5.90. The predicted molar refractivity (Wildman–Crippen MR) is 118 cm³/mol. The molecule has 2 aliphatic rings. The Morgan fingerprint density at radius 3 is 2.44 bits per heavy atom. The van der Waals surface area contributed by atoms with Gasteiger partial charge >= 0.3 is 12.1 Å². The maximum atomic E-state index is 14.2. The van der Waals surface area contributed by atoms with Gasteiger partial charge in [-0.3, -0.25) is 4.98 Å². The van der Waals surface area contributed by atoms with Gasteiger partial charge in [-0.2, -0.15) is 13.2 Å². The van der Waals surface area contributed by atoms with Gasteiger partial charge in [-0.15, -0.1) is 0 Å². The fourth-order valence-corrected chi connectivity index (χ4v) is 4.67. The molecule has 34 heavy (non-hydrogen) atoms. The van der Waals surface area contributed by atoms with Crippen molar-refractivity contribution in [2.24, 2.45) is 11.3 Å². The van der Waals surface area contributed by atoms with Crippen molar-refractivity contribution >= 4 is 5.97 Å². The minimum absolute atomic E-state index is 0.108. The Hall–Kier alpha value is -2.68. The maximum Gasteiger partial charge on any atom is 0.395 e. The Labute approximate surface area is 196 Å². The minimum Gasteiger partial charge on any atom is -0.492 e. The van der Waals surface area contributed by atoms with Crippen LogP contribution in [0.4, 0.5) is 17.6 Å². The molecule has 0 radical (unpaired) electrons. The van der Waals surface area contributed by atoms with Gasteiger partial charge in [-0.05, 0) is 69.0 Å². The number of aromatic nitrogens is 1. The number of esters is 1. The number of hydrogen-bond donors (Lipinski definition) is 0. The van der Waals surface area contributed by atoms with Gasteiger partial charge in [0.1, 0.15) is 11.6 Å². The van der Waals surface area contributed by atoms with Crippen LogP contribution in [0.5, 0.6) is 5.75 Å². The van der Waals surface area contributed by atoms with Crippen molar-refractivity contribution in [1.82, 2.24) is 9.88 Å². The first-order valence-electron chi connectivity index (χ1n) is 11.5. The van der Waals surface area contributed by atoms with Gasteiger partial charge in [0.25, 0.3) is 0 Å². The van der Waals surface area contributed by atoms with E-state index in [1.807, 2.05) is 4.90 Å². The molecule has 1 aliphatic heterocycles. The number of benzene rings is 1. The molecule has 9 heteroatoms. The summed E-state index contributed by atoms with van der Waals surface area (Å²) in [6, 6.07) is 7.64. The van der Waals surface area contributed by atoms with Crippen LogP contribution in [-0.2, 0) is 4.74 Å². The van der Waals surface area contributed by atoms with Crippen molar-refractivity contribution in [2.45, 2.75) is 38.3 Å². The average Bonchev–Trinajstić information content (AvgIpc) is 2.79. The summed E-state index contributed by atoms with van der Waals surface area (Å²) in [5, 5.41) is 0. The van der Waals surface area contributed by atoms with Crippen LogP contribution in [0, 0.1) is 17.2 Å². The molecule has 5 nitrogen and oxygen atoms in total. The van der Waals surface area contributed by atoms with E-state index in [0.717, 1.165) is 12.8 Å². The number of carbonyl (C=O) groups is 1. The summed E-state index contributed by atoms with van der Waals surface area (Å²) >= 11 is 0. The first kappa shape index (κ1) is 24.4. The monoisotopic (exact) mass is 480 g/mol. The van der Waals surface area contributed by atoms with Crippen LogP contribution in [0.3, 0.4) is 0 Å². The van der Waals surface area contributed by atoms with Crippen LogP contribution in [0.25, 0.3) is 11.3 Å². The highest BCUT2D eigenvalue weighted by Gasteiger charge is 2.58. The maximum absolute atomic E-state index is 14.2. The van der Waals surface area contributed by atoms with Crippen molar-refractivity contribution in [3.63, 3.8) is 0 Å². The topological polar surface area (TPSA) is 51.7 Å². The molecule has 1 aromatic heterocycles. The molecule has 2 heterocycles. The quantitative estimate of drug-likeness (QED) is 0.387. The first-order chi connectivity index (χ1) is 16.2. The van der Waals surface area contributed by atoms with Gasteiger partial charge in [0, 0.05) is 12.1 Å². The van der Waals surface area contributed by atoms with Gasteiger partial charge in [0.05, 0.1) is 36.6 Å². The summed E-state index contributed by atoms with van der Waals surface area (Å²) in [5.41, 5.74) is -0.594. The van der Waals surface area contributed by atoms with E-state index in [2.05, 4.69) is 9.72 Å². The van der Waals surface area contributed by atoms with E-state index < -0.39 is 23.4 Å². The number of hydrogen-bond acceptors (Lipinski definition) is 5. The van der Waals surface area contributed by atoms with Crippen molar-refractivity contribution in [2.75, 3.05) is 33.4 Å². The second kappa shape index (κ2) is 9.90. The largest absolute Gasteiger partial charge is 0.492 e. The lowest BCUT2D eigenvalue weighted by Gasteiger charge is -2.47. The summed E-state index contributed by atoms with van der Waals surface area (Å²) < 4.78 is 64.8. The number of alkyl halides is 3. The molecule has 1 aliphatic carbocycles. The van der Waals surface area contributed by atoms with E-state index in [1.54, 1.807) is 24.4 Å². The Balaban J connectivity index is 1.26. The number of pyridine rings is 1. The molecule has 0 bridgehead atoms. The van der Waals surface area contributed by atoms with Crippen LogP contribution in [-0.4, -0.2) is 55.4 Å². The molecular formula is C25H28F4N2O3. The zero-order valence-corrected chi connectivity index (χ0v) is 19.0. The SMILES string of the molecule is COC(=O)c1ccc(-c2ccc(OCC3CCN(CC4(C(F)(F)F)CCC4)CC3)cn2)cc1F. The van der Waals surface area contributed by atoms with Crippen LogP contribution < -0.4 is 4.74 Å². The van der Waals surface area contributed by atoms with E-state index >= 15 is 0 Å². The molecule has 184 valence electrons. The highest BCUT2D eigenvalue weighted by Crippen LogP contribution is 2.53. The zero-order valence-electron chi connectivity index (χ0n) is 19.0. The molecule has 1 saturated carbocycles. The molecule has 0 spiro atoms. The first-order valence-corrected chi connectivity index (χ1v) is 11.5. The van der Waals surface area contributed by atoms with E-state index in [0.29, 0.717) is 43.1 Å². The molecule has 1 saturated heterocycles. The van der Waals surface area contributed by atoms with E-state index in [4.69, 9.17) is 4.74 Å². The second-order valence-electron chi connectivity index (χ2n) is 9.23. The number of ether oxygens (including phenoxy) is 2. The van der Waals surface area contributed by atoms with E-state index in [-0.39, 0.29) is 30.9 Å². The number of rotatable bonds is 7. The lowest BCUT2D eigenvalue weighted by Crippen LogP contribution is -2.53. The Morgan fingerprint density at radius 2 is 1.91 bits per heavy atom. The Bertz CT molecular complexity index is 998. The van der Waals surface area contributed by atoms with Crippen molar-refractivity contribution in [1.29, 1.82) is 0 Å². The Kier molecular flexibility index (Phi) is 7.12. The Morgan fingerprint density at radius 1 is 1.18 bits per heavy atom. The number of piperidine rings is 1. The predicted octanol–water partition coefficient (Wildman–Crippen LogP) is 5.50. The molecule has 2 fully saturated rings. The summed E-state index contributed by atoms with van der Waals surface area (Å²) in [7, 11) is 1.19. The van der Waals surface area contributed by atoms with Gasteiger partial charge in [-0.25, -0.2) is 9.18 Å². The number of carbonyl (C=O) groups excluding carboxylic acids is 1. The van der Waals surface area contributed by atoms with Crippen molar-refractivity contribution in [3.05, 3.63) is 47.9 Å². The second-order valence-corrected chi connectivity index (χ2v) is 9.23. The number of nitrogens with zero attached hydrogens (tertiary/aromatic N) is 2. The fourth-order valence-electron chi connectivity index (χ4n) is 4.67. The number of halogens is 4. The number of likely N-dealkylation sites (tertiary alicyclic amines) is 1. The standard InChI is InChI=1S/C25H28F4N2O3/c1-33-23(32)20-5-3-18(13-21(20)26)22-6-4-19(14-30-22)34-15-17-7-11-31(12-8-17)16-24(9-2-10-24)25(27,28)29/h3-6,13-14,17H,2,7-12,15-16H2,1H3. The summed E-state index contributed by atoms with van der Waals surface area (Å²) in [5.74, 6) is -0.576. The van der Waals surface area contributed by atoms with Gasteiger partial charge in [0.15, 0.2) is 0 Å². The van der Waals surface area contributed by atoms with Crippen LogP contribution in [0.15, 0.2) is 36.5 Å². The third-order valence-corrected chi connectivity index (χ3v) is 7.04. The average molecular weight is 481 g/mol. The third kappa shape index (κ3) is 5.19. The van der Waals surface area contributed by atoms with Gasteiger partial charge in [0.2, 0.25) is 0 Å². The molecule has 4 rings (SSSR count). The highest BCUT2D eigenvalue weighted by atomic mass is 19.4. The summed E-state index contributed by atoms with van der Waals surface area (Å²) in [4.78, 5) is 17.8. The summed E-state index contributed by atoms with van der Waals surface area (Å²) in [6.07, 6.45) is 0.163.